The molecule has 0 atom stereocenters. The number of sulfonamides is 1. The van der Waals surface area contributed by atoms with E-state index in [2.05, 4.69) is 10.2 Å². The van der Waals surface area contributed by atoms with Crippen molar-refractivity contribution in [2.45, 2.75) is 30.5 Å². The summed E-state index contributed by atoms with van der Waals surface area (Å²) < 4.78 is 72.3. The number of rotatable bonds is 7. The maximum atomic E-state index is 12.7. The average molecular weight is 436 g/mol. The number of nitrogens with zero attached hydrogens (tertiary/aromatic N) is 1. The van der Waals surface area contributed by atoms with E-state index >= 15 is 0 Å². The van der Waals surface area contributed by atoms with E-state index in [-0.39, 0.29) is 18.0 Å². The van der Waals surface area contributed by atoms with Gasteiger partial charge < -0.3 is 9.47 Å². The lowest BCUT2D eigenvalue weighted by Gasteiger charge is -2.27. The van der Waals surface area contributed by atoms with E-state index in [0.29, 0.717) is 18.9 Å². The summed E-state index contributed by atoms with van der Waals surface area (Å²) in [6.07, 6.45) is -0.734. The molecule has 0 radical (unpaired) electrons. The van der Waals surface area contributed by atoms with Gasteiger partial charge in [0.2, 0.25) is 10.0 Å². The first-order valence-corrected chi connectivity index (χ1v) is 10.7. The Bertz CT molecular complexity index is 806. The van der Waals surface area contributed by atoms with Gasteiger partial charge in [0, 0.05) is 38.4 Å². The van der Waals surface area contributed by atoms with Crippen molar-refractivity contribution >= 4 is 10.0 Å². The van der Waals surface area contributed by atoms with Gasteiger partial charge in [-0.1, -0.05) is 0 Å². The molecule has 0 spiro atoms. The van der Waals surface area contributed by atoms with Crippen LogP contribution in [0.4, 0.5) is 13.2 Å². The van der Waals surface area contributed by atoms with E-state index in [1.165, 1.54) is 4.31 Å². The van der Waals surface area contributed by atoms with Crippen LogP contribution in [0.15, 0.2) is 40.9 Å². The van der Waals surface area contributed by atoms with Crippen molar-refractivity contribution in [1.29, 1.82) is 0 Å². The van der Waals surface area contributed by atoms with E-state index < -0.39 is 22.1 Å². The van der Waals surface area contributed by atoms with Gasteiger partial charge in [-0.3, -0.25) is 10.3 Å². The fraction of sp³-hybridized carbons (Fsp3) is 0.556. The number of hydrogen-bond donors (Lipinski definition) is 1. The van der Waals surface area contributed by atoms with Gasteiger partial charge in [-0.2, -0.15) is 4.31 Å². The molecule has 0 bridgehead atoms. The quantitative estimate of drug-likeness (QED) is 0.663. The third-order valence-electron chi connectivity index (χ3n) is 4.73. The van der Waals surface area contributed by atoms with Gasteiger partial charge in [0.15, 0.2) is 0 Å². The highest BCUT2D eigenvalue weighted by Crippen LogP contribution is 2.26. The van der Waals surface area contributed by atoms with E-state index in [9.17, 15) is 21.6 Å². The van der Waals surface area contributed by atoms with Crippen molar-refractivity contribution in [1.82, 2.24) is 9.79 Å². The fourth-order valence-corrected chi connectivity index (χ4v) is 4.47. The normalized spacial score (nSPS) is 19.6. The lowest BCUT2D eigenvalue weighted by Crippen LogP contribution is -2.37. The first-order chi connectivity index (χ1) is 13.7. The molecule has 2 heterocycles. The molecule has 1 N–H and O–H groups in total. The Balaban J connectivity index is 1.51. The zero-order valence-corrected chi connectivity index (χ0v) is 16.5. The smallest absolute Gasteiger partial charge is 0.406 e. The summed E-state index contributed by atoms with van der Waals surface area (Å²) in [4.78, 5) is 5.43. The standard InChI is InChI=1S/C18H23F3N2O5S/c19-18(20,21)28-16-1-3-17(4-2-16)29(24,25)23-9-5-15(6-10-23)22-27-13-14-7-11-26-12-8-14/h1-5,14,22H,6-13H2. The maximum absolute atomic E-state index is 12.7. The van der Waals surface area contributed by atoms with Crippen molar-refractivity contribution in [2.75, 3.05) is 32.9 Å². The predicted octanol–water partition coefficient (Wildman–Crippen LogP) is 2.81. The van der Waals surface area contributed by atoms with Crippen LogP contribution < -0.4 is 10.2 Å². The topological polar surface area (TPSA) is 77.1 Å². The van der Waals surface area contributed by atoms with Crippen molar-refractivity contribution in [3.05, 3.63) is 36.0 Å². The first kappa shape index (κ1) is 21.9. The van der Waals surface area contributed by atoms with Crippen molar-refractivity contribution < 1.29 is 35.9 Å². The largest absolute Gasteiger partial charge is 0.573 e. The average Bonchev–Trinajstić information content (AvgIpc) is 2.68. The molecule has 162 valence electrons. The first-order valence-electron chi connectivity index (χ1n) is 9.24. The number of ether oxygens (including phenoxy) is 2. The molecule has 2 aliphatic heterocycles. The highest BCUT2D eigenvalue weighted by Gasteiger charge is 2.31. The molecule has 1 aromatic rings. The van der Waals surface area contributed by atoms with Gasteiger partial charge in [0.1, 0.15) is 5.75 Å². The van der Waals surface area contributed by atoms with Crippen LogP contribution in [0, 0.1) is 5.92 Å². The number of hydroxylamine groups is 1. The molecule has 0 aromatic heterocycles. The van der Waals surface area contributed by atoms with Crippen LogP contribution in [0.25, 0.3) is 0 Å². The highest BCUT2D eigenvalue weighted by atomic mass is 32.2. The second kappa shape index (κ2) is 9.33. The minimum atomic E-state index is -4.83. The Morgan fingerprint density at radius 1 is 1.17 bits per heavy atom. The SMILES string of the molecule is O=S(=O)(c1ccc(OC(F)(F)F)cc1)N1CC=C(NOCC2CCOCC2)CC1. The van der Waals surface area contributed by atoms with Crippen molar-refractivity contribution in [3.63, 3.8) is 0 Å². The molecule has 1 saturated heterocycles. The fourth-order valence-electron chi connectivity index (χ4n) is 3.09. The van der Waals surface area contributed by atoms with Crippen molar-refractivity contribution in [2.24, 2.45) is 5.92 Å². The minimum absolute atomic E-state index is 0.0902. The Hall–Kier alpha value is -1.82. The number of halogens is 3. The monoisotopic (exact) mass is 436 g/mol. The molecule has 1 aromatic carbocycles. The van der Waals surface area contributed by atoms with Gasteiger partial charge in [0.05, 0.1) is 11.5 Å². The van der Waals surface area contributed by atoms with Gasteiger partial charge in [0.25, 0.3) is 0 Å². The Kier molecular flexibility index (Phi) is 7.04. The summed E-state index contributed by atoms with van der Waals surface area (Å²) in [6, 6.07) is 4.17. The molecule has 0 saturated carbocycles. The number of nitrogens with one attached hydrogen (secondary N) is 1. The summed E-state index contributed by atoms with van der Waals surface area (Å²) >= 11 is 0. The maximum Gasteiger partial charge on any atom is 0.573 e. The molecule has 0 amide bonds. The predicted molar refractivity (Wildman–Crippen MR) is 97.2 cm³/mol. The summed E-state index contributed by atoms with van der Waals surface area (Å²) in [5.74, 6) is -0.0234. The lowest BCUT2D eigenvalue weighted by molar-refractivity contribution is -0.274. The van der Waals surface area contributed by atoms with Crippen LogP contribution in [0.5, 0.6) is 5.75 Å². The summed E-state index contributed by atoms with van der Waals surface area (Å²) in [5, 5.41) is 0. The molecule has 11 heteroatoms. The molecule has 0 aliphatic carbocycles. The Morgan fingerprint density at radius 3 is 2.45 bits per heavy atom. The van der Waals surface area contributed by atoms with Gasteiger partial charge in [-0.05, 0) is 49.1 Å². The lowest BCUT2D eigenvalue weighted by atomic mass is 10.0. The zero-order chi connectivity index (χ0) is 20.9. The molecule has 2 aliphatic rings. The van der Waals surface area contributed by atoms with Gasteiger partial charge in [-0.15, -0.1) is 13.2 Å². The van der Waals surface area contributed by atoms with E-state index in [1.54, 1.807) is 6.08 Å². The van der Waals surface area contributed by atoms with Gasteiger partial charge >= 0.3 is 6.36 Å². The van der Waals surface area contributed by atoms with E-state index in [1.807, 2.05) is 0 Å². The molecular formula is C18H23F3N2O5S. The van der Waals surface area contributed by atoms with Crippen LogP contribution >= 0.6 is 0 Å². The molecule has 0 unspecified atom stereocenters. The van der Waals surface area contributed by atoms with E-state index in [0.717, 1.165) is 56.0 Å². The summed E-state index contributed by atoms with van der Waals surface area (Å²) in [5.41, 5.74) is 3.69. The number of hydrogen-bond acceptors (Lipinski definition) is 6. The third-order valence-corrected chi connectivity index (χ3v) is 6.61. The van der Waals surface area contributed by atoms with Crippen LogP contribution in [0.2, 0.25) is 0 Å². The van der Waals surface area contributed by atoms with E-state index in [4.69, 9.17) is 9.57 Å². The second-order valence-corrected chi connectivity index (χ2v) is 8.77. The number of benzene rings is 1. The van der Waals surface area contributed by atoms with Crippen LogP contribution in [-0.4, -0.2) is 52.0 Å². The molecule has 3 rings (SSSR count). The molecule has 1 fully saturated rings. The van der Waals surface area contributed by atoms with Crippen molar-refractivity contribution in [3.8, 4) is 5.75 Å². The van der Waals surface area contributed by atoms with Crippen LogP contribution in [-0.2, 0) is 19.6 Å². The Morgan fingerprint density at radius 2 is 1.86 bits per heavy atom. The molecule has 29 heavy (non-hydrogen) atoms. The Labute approximate surface area is 167 Å². The van der Waals surface area contributed by atoms with Crippen LogP contribution in [0.1, 0.15) is 19.3 Å². The summed E-state index contributed by atoms with van der Waals surface area (Å²) in [6.45, 7) is 2.43. The second-order valence-electron chi connectivity index (χ2n) is 6.83. The molecule has 7 nitrogen and oxygen atoms in total. The molecular weight excluding hydrogens is 413 g/mol. The van der Waals surface area contributed by atoms with Gasteiger partial charge in [-0.25, -0.2) is 8.42 Å². The third kappa shape index (κ3) is 6.33. The number of alkyl halides is 3. The zero-order valence-electron chi connectivity index (χ0n) is 15.7. The highest BCUT2D eigenvalue weighted by molar-refractivity contribution is 7.89. The van der Waals surface area contributed by atoms with Crippen LogP contribution in [0.3, 0.4) is 0 Å². The minimum Gasteiger partial charge on any atom is -0.406 e. The summed E-state index contributed by atoms with van der Waals surface area (Å²) in [7, 11) is -3.81.